The monoisotopic (exact) mass is 831 g/mol. The number of ether oxygens (including phenoxy) is 2. The zero-order valence-electron chi connectivity index (χ0n) is 39.4. The maximum Gasteiger partial charge on any atom is 0.123 e. The van der Waals surface area contributed by atoms with Crippen molar-refractivity contribution in [2.75, 3.05) is 13.1 Å². The van der Waals surface area contributed by atoms with Gasteiger partial charge in [0.2, 0.25) is 0 Å². The molecule has 0 aliphatic rings. The molecule has 0 N–H and O–H groups in total. The SMILES string of the molecule is Cc1ccc(OCc2ccccc2)c([C@@H](CCN(C(C)C)C(C)C)c2ccccc2)c1.Cc1ccc(OCc2ccccc2)c([C@H](CCN(C(C)C)C(C)C)c2ccccc2)c1. The molecule has 0 spiro atoms. The molecule has 0 unspecified atom stereocenters. The molecule has 0 heterocycles. The van der Waals surface area contributed by atoms with Crippen LogP contribution in [0.25, 0.3) is 0 Å². The Hall–Kier alpha value is -5.16. The van der Waals surface area contributed by atoms with Gasteiger partial charge in [-0.3, -0.25) is 9.80 Å². The van der Waals surface area contributed by atoms with Gasteiger partial charge >= 0.3 is 0 Å². The molecular weight excluding hydrogens is 757 g/mol. The summed E-state index contributed by atoms with van der Waals surface area (Å²) < 4.78 is 12.7. The van der Waals surface area contributed by atoms with E-state index >= 15 is 0 Å². The highest BCUT2D eigenvalue weighted by atomic mass is 16.5. The number of hydrogen-bond donors (Lipinski definition) is 0. The summed E-state index contributed by atoms with van der Waals surface area (Å²) in [6.07, 6.45) is 2.12. The summed E-state index contributed by atoms with van der Waals surface area (Å²) in [5.74, 6) is 2.58. The minimum Gasteiger partial charge on any atom is -0.489 e. The van der Waals surface area contributed by atoms with Crippen molar-refractivity contribution in [2.24, 2.45) is 0 Å². The van der Waals surface area contributed by atoms with E-state index in [1.807, 2.05) is 12.1 Å². The maximum atomic E-state index is 6.37. The molecule has 0 aliphatic heterocycles. The summed E-state index contributed by atoms with van der Waals surface area (Å²) in [4.78, 5) is 5.16. The van der Waals surface area contributed by atoms with E-state index in [1.54, 1.807) is 0 Å². The fraction of sp³-hybridized carbons (Fsp3) is 0.379. The Kier molecular flexibility index (Phi) is 18.9. The van der Waals surface area contributed by atoms with Gasteiger partial charge in [-0.15, -0.1) is 0 Å². The van der Waals surface area contributed by atoms with Gasteiger partial charge in [0.1, 0.15) is 24.7 Å². The van der Waals surface area contributed by atoms with Crippen LogP contribution in [0.5, 0.6) is 11.5 Å². The van der Waals surface area contributed by atoms with Crippen LogP contribution >= 0.6 is 0 Å². The predicted octanol–water partition coefficient (Wildman–Crippen LogP) is 14.4. The third kappa shape index (κ3) is 14.5. The number of benzene rings is 6. The molecule has 4 nitrogen and oxygen atoms in total. The van der Waals surface area contributed by atoms with Crippen molar-refractivity contribution in [1.82, 2.24) is 9.80 Å². The van der Waals surface area contributed by atoms with Gasteiger partial charge < -0.3 is 9.47 Å². The van der Waals surface area contributed by atoms with E-state index in [1.165, 1.54) is 44.5 Å². The highest BCUT2D eigenvalue weighted by molar-refractivity contribution is 5.46. The van der Waals surface area contributed by atoms with E-state index in [0.29, 0.717) is 49.2 Å². The van der Waals surface area contributed by atoms with E-state index in [-0.39, 0.29) is 0 Å². The number of rotatable bonds is 20. The van der Waals surface area contributed by atoms with Crippen molar-refractivity contribution in [1.29, 1.82) is 0 Å². The average Bonchev–Trinajstić information content (AvgIpc) is 3.27. The lowest BCUT2D eigenvalue weighted by molar-refractivity contribution is 0.170. The van der Waals surface area contributed by atoms with E-state index in [4.69, 9.17) is 9.47 Å². The highest BCUT2D eigenvalue weighted by Crippen LogP contribution is 2.38. The molecule has 6 aromatic carbocycles. The Morgan fingerprint density at radius 1 is 0.387 bits per heavy atom. The minimum absolute atomic E-state index is 0.298. The Bertz CT molecular complexity index is 1980. The molecule has 2 atom stereocenters. The lowest BCUT2D eigenvalue weighted by Gasteiger charge is -2.32. The summed E-state index contributed by atoms with van der Waals surface area (Å²) in [5.41, 5.74) is 10.2. The molecule has 0 amide bonds. The number of nitrogens with zero attached hydrogens (tertiary/aromatic N) is 2. The first kappa shape index (κ1) is 47.9. The zero-order chi connectivity index (χ0) is 44.4. The second kappa shape index (κ2) is 24.5. The predicted molar refractivity (Wildman–Crippen MR) is 264 cm³/mol. The third-order valence-corrected chi connectivity index (χ3v) is 12.0. The summed E-state index contributed by atoms with van der Waals surface area (Å²) in [5, 5.41) is 0. The molecule has 0 radical (unpaired) electrons. The quantitative estimate of drug-likeness (QED) is 0.0765. The molecule has 0 saturated carbocycles. The van der Waals surface area contributed by atoms with Gasteiger partial charge in [0.05, 0.1) is 0 Å². The Morgan fingerprint density at radius 3 is 1.00 bits per heavy atom. The van der Waals surface area contributed by atoms with Gasteiger partial charge in [0.15, 0.2) is 0 Å². The van der Waals surface area contributed by atoms with Gasteiger partial charge in [0.25, 0.3) is 0 Å². The van der Waals surface area contributed by atoms with E-state index in [2.05, 4.69) is 225 Å². The lowest BCUT2D eigenvalue weighted by atomic mass is 9.86. The average molecular weight is 831 g/mol. The van der Waals surface area contributed by atoms with Crippen molar-refractivity contribution in [3.8, 4) is 11.5 Å². The zero-order valence-corrected chi connectivity index (χ0v) is 39.4. The van der Waals surface area contributed by atoms with Crippen LogP contribution in [0.2, 0.25) is 0 Å². The summed E-state index contributed by atoms with van der Waals surface area (Å²) in [7, 11) is 0. The van der Waals surface area contributed by atoms with Crippen LogP contribution in [0.15, 0.2) is 158 Å². The first-order valence-corrected chi connectivity index (χ1v) is 23.1. The summed E-state index contributed by atoms with van der Waals surface area (Å²) >= 11 is 0. The molecule has 0 fully saturated rings. The van der Waals surface area contributed by atoms with Crippen molar-refractivity contribution < 1.29 is 9.47 Å². The minimum atomic E-state index is 0.298. The second-order valence-corrected chi connectivity index (χ2v) is 18.0. The molecule has 0 bridgehead atoms. The summed E-state index contributed by atoms with van der Waals surface area (Å²) in [6, 6.07) is 57.9. The van der Waals surface area contributed by atoms with Gasteiger partial charge in [-0.2, -0.15) is 0 Å². The van der Waals surface area contributed by atoms with Crippen LogP contribution < -0.4 is 9.47 Å². The van der Waals surface area contributed by atoms with Gasteiger partial charge in [-0.1, -0.05) is 157 Å². The molecule has 0 aliphatic carbocycles. The van der Waals surface area contributed by atoms with E-state index in [9.17, 15) is 0 Å². The van der Waals surface area contributed by atoms with Crippen molar-refractivity contribution in [2.45, 2.75) is 131 Å². The smallest absolute Gasteiger partial charge is 0.123 e. The molecular formula is C58H74N2O2. The molecule has 0 aromatic heterocycles. The van der Waals surface area contributed by atoms with Gasteiger partial charge in [0, 0.05) is 47.1 Å². The fourth-order valence-electron chi connectivity index (χ4n) is 8.77. The number of hydrogen-bond acceptors (Lipinski definition) is 4. The fourth-order valence-corrected chi connectivity index (χ4v) is 8.77. The Morgan fingerprint density at radius 2 is 0.694 bits per heavy atom. The van der Waals surface area contributed by atoms with E-state index < -0.39 is 0 Å². The van der Waals surface area contributed by atoms with Crippen LogP contribution in [-0.2, 0) is 13.2 Å². The first-order chi connectivity index (χ1) is 29.9. The van der Waals surface area contributed by atoms with Crippen LogP contribution in [-0.4, -0.2) is 47.1 Å². The molecule has 6 aromatic rings. The topological polar surface area (TPSA) is 24.9 Å². The van der Waals surface area contributed by atoms with Crippen LogP contribution in [0, 0.1) is 13.8 Å². The Balaban J connectivity index is 0.000000234. The third-order valence-electron chi connectivity index (χ3n) is 12.0. The Labute approximate surface area is 375 Å². The second-order valence-electron chi connectivity index (χ2n) is 18.0. The first-order valence-electron chi connectivity index (χ1n) is 23.1. The molecule has 6 rings (SSSR count). The van der Waals surface area contributed by atoms with E-state index in [0.717, 1.165) is 37.4 Å². The molecule has 328 valence electrons. The van der Waals surface area contributed by atoms with Crippen molar-refractivity contribution in [3.63, 3.8) is 0 Å². The van der Waals surface area contributed by atoms with Crippen molar-refractivity contribution >= 4 is 0 Å². The largest absolute Gasteiger partial charge is 0.489 e. The van der Waals surface area contributed by atoms with Gasteiger partial charge in [-0.05, 0) is 130 Å². The molecule has 62 heavy (non-hydrogen) atoms. The molecule has 0 saturated heterocycles. The normalized spacial score (nSPS) is 12.5. The van der Waals surface area contributed by atoms with Crippen LogP contribution in [0.4, 0.5) is 0 Å². The van der Waals surface area contributed by atoms with Crippen molar-refractivity contribution in [3.05, 3.63) is 202 Å². The number of aryl methyl sites for hydroxylation is 2. The van der Waals surface area contributed by atoms with Crippen LogP contribution in [0.3, 0.4) is 0 Å². The standard InChI is InChI=1S/2C29H37NO/c2*1-22(2)30(23(3)4)19-18-27(26-14-10-7-11-15-26)28-20-24(5)16-17-29(28)31-21-25-12-8-6-9-13-25/h2*6-17,20,22-23,27H,18-19,21H2,1-5H3/t2*27-/m10/s1. The highest BCUT2D eigenvalue weighted by Gasteiger charge is 2.24. The maximum absolute atomic E-state index is 6.37. The summed E-state index contributed by atoms with van der Waals surface area (Å²) in [6.45, 7) is 25.9. The lowest BCUT2D eigenvalue weighted by Crippen LogP contribution is -2.38. The van der Waals surface area contributed by atoms with Crippen LogP contribution in [0.1, 0.15) is 125 Å². The van der Waals surface area contributed by atoms with Gasteiger partial charge in [-0.25, -0.2) is 0 Å². The molecule has 4 heteroatoms.